The Kier molecular flexibility index (Phi) is 5.25. The first-order valence-electron chi connectivity index (χ1n) is 4.13. The zero-order chi connectivity index (χ0) is 16.7. The Labute approximate surface area is 112 Å². The van der Waals surface area contributed by atoms with E-state index in [1.807, 2.05) is 0 Å². The lowest BCUT2D eigenvalue weighted by Gasteiger charge is -2.33. The number of halogens is 3. The summed E-state index contributed by atoms with van der Waals surface area (Å²) in [6, 6.07) is 0. The topological polar surface area (TPSA) is 163 Å². The van der Waals surface area contributed by atoms with E-state index in [9.17, 15) is 38.4 Å². The van der Waals surface area contributed by atoms with E-state index in [0.29, 0.717) is 0 Å². The molecule has 0 aromatic rings. The van der Waals surface area contributed by atoms with Crippen molar-refractivity contribution in [2.45, 2.75) is 16.5 Å². The Morgan fingerprint density at radius 2 is 0.850 bits per heavy atom. The lowest BCUT2D eigenvalue weighted by atomic mass is 9.95. The summed E-state index contributed by atoms with van der Waals surface area (Å²) in [5, 5.41) is 0. The number of hydrogen-bond acceptors (Lipinski definition) is 6. The second-order valence-corrected chi connectivity index (χ2v) is 7.94. The summed E-state index contributed by atoms with van der Waals surface area (Å²) in [4.78, 5) is 0. The molecule has 0 aromatic carbocycles. The molecule has 15 heteroatoms. The van der Waals surface area contributed by atoms with Gasteiger partial charge < -0.3 is 0 Å². The standard InChI is InChI=1S/C5H8F3O9S3/c1-5(2(6)18(9,10)11,3(7)19(12,13)14)4(8)20(15,16)17/h2-4H,1H2,(H,9,10,11)(H,12,13,14)(H,15,16,17). The highest BCUT2D eigenvalue weighted by molar-refractivity contribution is 7.88. The van der Waals surface area contributed by atoms with E-state index < -0.39 is 52.3 Å². The van der Waals surface area contributed by atoms with Crippen molar-refractivity contribution in [2.24, 2.45) is 5.41 Å². The molecular weight excluding hydrogens is 357 g/mol. The van der Waals surface area contributed by atoms with Crippen molar-refractivity contribution in [3.8, 4) is 0 Å². The zero-order valence-electron chi connectivity index (χ0n) is 9.09. The lowest BCUT2D eigenvalue weighted by molar-refractivity contribution is 0.0755. The van der Waals surface area contributed by atoms with Gasteiger partial charge in [0.1, 0.15) is 5.41 Å². The molecule has 0 rings (SSSR count). The highest BCUT2D eigenvalue weighted by atomic mass is 32.2. The predicted octanol–water partition coefficient (Wildman–Crippen LogP) is -0.643. The van der Waals surface area contributed by atoms with Crippen LogP contribution in [0.15, 0.2) is 0 Å². The van der Waals surface area contributed by atoms with Crippen molar-refractivity contribution in [1.82, 2.24) is 0 Å². The summed E-state index contributed by atoms with van der Waals surface area (Å²) in [5.74, 6) is 0. The van der Waals surface area contributed by atoms with Gasteiger partial charge in [0.2, 0.25) is 16.5 Å². The first-order chi connectivity index (χ1) is 8.46. The minimum atomic E-state index is -6.03. The van der Waals surface area contributed by atoms with Gasteiger partial charge in [0.25, 0.3) is 30.4 Å². The third-order valence-corrected chi connectivity index (χ3v) is 4.94. The number of rotatable bonds is 6. The van der Waals surface area contributed by atoms with Gasteiger partial charge in [-0.15, -0.1) is 0 Å². The maximum absolute atomic E-state index is 13.4. The number of alkyl halides is 3. The van der Waals surface area contributed by atoms with Crippen LogP contribution in [0.25, 0.3) is 0 Å². The van der Waals surface area contributed by atoms with Crippen LogP contribution in [0.2, 0.25) is 0 Å². The van der Waals surface area contributed by atoms with E-state index in [1.54, 1.807) is 0 Å². The van der Waals surface area contributed by atoms with Gasteiger partial charge in [-0.2, -0.15) is 25.3 Å². The van der Waals surface area contributed by atoms with Gasteiger partial charge in [-0.3, -0.25) is 13.7 Å². The van der Waals surface area contributed by atoms with Crippen molar-refractivity contribution in [2.75, 3.05) is 0 Å². The molecule has 0 aliphatic carbocycles. The summed E-state index contributed by atoms with van der Waals surface area (Å²) in [6.45, 7) is 2.13. The summed E-state index contributed by atoms with van der Waals surface area (Å²) in [6.07, 6.45) is 0. The van der Waals surface area contributed by atoms with Crippen LogP contribution in [-0.2, 0) is 30.4 Å². The monoisotopic (exact) mass is 365 g/mol. The maximum Gasteiger partial charge on any atom is 0.298 e. The molecule has 0 saturated carbocycles. The quantitative estimate of drug-likeness (QED) is 0.519. The summed E-state index contributed by atoms with van der Waals surface area (Å²) < 4.78 is 128. The molecule has 0 amide bonds. The van der Waals surface area contributed by atoms with Gasteiger partial charge in [-0.25, -0.2) is 13.2 Å². The average molecular weight is 365 g/mol. The smallest absolute Gasteiger partial charge is 0.283 e. The van der Waals surface area contributed by atoms with E-state index in [-0.39, 0.29) is 0 Å². The van der Waals surface area contributed by atoms with Gasteiger partial charge in [-0.05, 0) is 6.92 Å². The third-order valence-electron chi connectivity index (χ3n) is 2.05. The van der Waals surface area contributed by atoms with Crippen LogP contribution in [0.5, 0.6) is 0 Å². The Morgan fingerprint density at radius 1 is 0.700 bits per heavy atom. The van der Waals surface area contributed by atoms with E-state index in [1.165, 1.54) is 0 Å². The molecule has 121 valence electrons. The minimum Gasteiger partial charge on any atom is -0.283 e. The van der Waals surface area contributed by atoms with Crippen molar-refractivity contribution < 1.29 is 52.1 Å². The molecule has 0 heterocycles. The zero-order valence-corrected chi connectivity index (χ0v) is 11.5. The molecule has 0 saturated heterocycles. The average Bonchev–Trinajstić information content (AvgIpc) is 2.21. The molecule has 0 aliphatic heterocycles. The van der Waals surface area contributed by atoms with Crippen LogP contribution >= 0.6 is 0 Å². The summed E-state index contributed by atoms with van der Waals surface area (Å²) in [5.41, 5.74) is -17.1. The second kappa shape index (κ2) is 5.38. The van der Waals surface area contributed by atoms with E-state index in [2.05, 4.69) is 6.92 Å². The van der Waals surface area contributed by atoms with Gasteiger partial charge in [0.15, 0.2) is 0 Å². The van der Waals surface area contributed by atoms with E-state index in [4.69, 9.17) is 13.7 Å². The molecule has 0 aliphatic rings. The number of hydrogen-bond donors (Lipinski definition) is 3. The molecule has 1 radical (unpaired) electrons. The Balaban J connectivity index is 6.38. The largest absolute Gasteiger partial charge is 0.298 e. The molecule has 3 N–H and O–H groups in total. The summed E-state index contributed by atoms with van der Waals surface area (Å²) in [7, 11) is -18.1. The fraction of sp³-hybridized carbons (Fsp3) is 0.800. The molecule has 9 nitrogen and oxygen atoms in total. The van der Waals surface area contributed by atoms with Crippen LogP contribution in [0.4, 0.5) is 13.2 Å². The molecule has 0 fully saturated rings. The van der Waals surface area contributed by atoms with Crippen LogP contribution in [0.1, 0.15) is 0 Å². The highest BCUT2D eigenvalue weighted by Crippen LogP contribution is 2.42. The van der Waals surface area contributed by atoms with Crippen LogP contribution < -0.4 is 0 Å². The summed E-state index contributed by atoms with van der Waals surface area (Å²) >= 11 is 0. The lowest BCUT2D eigenvalue weighted by Crippen LogP contribution is -2.54. The van der Waals surface area contributed by atoms with Crippen LogP contribution in [0.3, 0.4) is 0 Å². The molecule has 0 aromatic heterocycles. The van der Waals surface area contributed by atoms with Crippen molar-refractivity contribution in [3.63, 3.8) is 0 Å². The molecular formula is C5H8F3O9S3. The first-order valence-corrected chi connectivity index (χ1v) is 8.64. The molecule has 20 heavy (non-hydrogen) atoms. The van der Waals surface area contributed by atoms with E-state index >= 15 is 0 Å². The van der Waals surface area contributed by atoms with Crippen molar-refractivity contribution >= 4 is 30.4 Å². The first kappa shape index (κ1) is 19.5. The maximum atomic E-state index is 13.4. The highest BCUT2D eigenvalue weighted by Gasteiger charge is 2.63. The van der Waals surface area contributed by atoms with Crippen molar-refractivity contribution in [3.05, 3.63) is 6.92 Å². The Morgan fingerprint density at radius 3 is 0.950 bits per heavy atom. The Bertz CT molecular complexity index is 573. The van der Waals surface area contributed by atoms with Gasteiger partial charge >= 0.3 is 0 Å². The van der Waals surface area contributed by atoms with Crippen LogP contribution in [-0.4, -0.2) is 55.4 Å². The van der Waals surface area contributed by atoms with Gasteiger partial charge in [0, 0.05) is 0 Å². The predicted molar refractivity (Wildman–Crippen MR) is 57.1 cm³/mol. The fourth-order valence-electron chi connectivity index (χ4n) is 1.14. The van der Waals surface area contributed by atoms with E-state index in [0.717, 1.165) is 0 Å². The molecule has 0 bridgehead atoms. The second-order valence-electron chi connectivity index (χ2n) is 3.61. The Hall–Kier alpha value is -0.480. The minimum absolute atomic E-state index is 2.13. The fourth-order valence-corrected chi connectivity index (χ4v) is 3.78. The van der Waals surface area contributed by atoms with Crippen LogP contribution in [0, 0.1) is 12.3 Å². The van der Waals surface area contributed by atoms with Crippen molar-refractivity contribution in [1.29, 1.82) is 0 Å². The van der Waals surface area contributed by atoms with Gasteiger partial charge in [0.05, 0.1) is 0 Å². The molecule has 3 atom stereocenters. The third kappa shape index (κ3) is 3.79. The SMILES string of the molecule is [CH2]C(C(F)S(=O)(=O)O)(C(F)S(=O)(=O)O)C(F)S(=O)(=O)O. The molecule has 3 unspecified atom stereocenters. The molecule has 0 spiro atoms. The normalized spacial score (nSPS) is 21.8. The van der Waals surface area contributed by atoms with Gasteiger partial charge in [-0.1, -0.05) is 0 Å².